The minimum absolute atomic E-state index is 0.0917. The standard InChI is InChI=1S/C15H20N2O3S2/c1-17(13-4-3-5-14(13)22(2,18)19)8-12-10-21-15(16-12)11-6-7-20-9-11/h6-7,9-10,13-14H,3-5,8H2,1-2H3/t13-,14+/m1/s1. The van der Waals surface area contributed by atoms with Gasteiger partial charge in [0.05, 0.1) is 17.2 Å². The Labute approximate surface area is 134 Å². The van der Waals surface area contributed by atoms with E-state index in [0.717, 1.165) is 35.5 Å². The highest BCUT2D eigenvalue weighted by Gasteiger charge is 2.37. The quantitative estimate of drug-likeness (QED) is 0.837. The van der Waals surface area contributed by atoms with Crippen molar-refractivity contribution in [1.29, 1.82) is 0 Å². The normalized spacial score (nSPS) is 22.5. The second kappa shape index (κ2) is 6.14. The van der Waals surface area contributed by atoms with Crippen LogP contribution in [0.5, 0.6) is 0 Å². The van der Waals surface area contributed by atoms with E-state index in [1.54, 1.807) is 23.9 Å². The zero-order valence-electron chi connectivity index (χ0n) is 12.7. The maximum Gasteiger partial charge on any atom is 0.151 e. The third kappa shape index (κ3) is 3.26. The van der Waals surface area contributed by atoms with Crippen LogP contribution in [0.2, 0.25) is 0 Å². The molecule has 1 saturated carbocycles. The van der Waals surface area contributed by atoms with Crippen molar-refractivity contribution < 1.29 is 12.8 Å². The fraction of sp³-hybridized carbons (Fsp3) is 0.533. The van der Waals surface area contributed by atoms with E-state index in [1.807, 2.05) is 18.5 Å². The smallest absolute Gasteiger partial charge is 0.151 e. The van der Waals surface area contributed by atoms with Crippen LogP contribution < -0.4 is 0 Å². The third-order valence-electron chi connectivity index (χ3n) is 4.27. The number of aromatic nitrogens is 1. The number of nitrogens with zero attached hydrogens (tertiary/aromatic N) is 2. The predicted octanol–water partition coefficient (Wildman–Crippen LogP) is 2.80. The van der Waals surface area contributed by atoms with Gasteiger partial charge in [-0.3, -0.25) is 4.90 Å². The Morgan fingerprint density at radius 3 is 2.95 bits per heavy atom. The molecule has 5 nitrogen and oxygen atoms in total. The molecule has 1 aliphatic carbocycles. The molecule has 0 aliphatic heterocycles. The summed E-state index contributed by atoms with van der Waals surface area (Å²) in [5.41, 5.74) is 1.96. The summed E-state index contributed by atoms with van der Waals surface area (Å²) in [7, 11) is -1.00. The summed E-state index contributed by atoms with van der Waals surface area (Å²) in [4.78, 5) is 6.75. The Morgan fingerprint density at radius 1 is 1.45 bits per heavy atom. The van der Waals surface area contributed by atoms with Crippen molar-refractivity contribution in [2.75, 3.05) is 13.3 Å². The average Bonchev–Trinajstić information content (AvgIpc) is 3.19. The Balaban J connectivity index is 1.70. The van der Waals surface area contributed by atoms with E-state index in [1.165, 1.54) is 6.26 Å². The van der Waals surface area contributed by atoms with Gasteiger partial charge in [0, 0.05) is 29.8 Å². The highest BCUT2D eigenvalue weighted by Crippen LogP contribution is 2.30. The molecule has 0 amide bonds. The molecular formula is C15H20N2O3S2. The molecule has 7 heteroatoms. The van der Waals surface area contributed by atoms with E-state index in [0.29, 0.717) is 6.54 Å². The Morgan fingerprint density at radius 2 is 2.27 bits per heavy atom. The minimum atomic E-state index is -2.99. The average molecular weight is 340 g/mol. The van der Waals surface area contributed by atoms with Crippen molar-refractivity contribution in [2.45, 2.75) is 37.1 Å². The molecule has 0 spiro atoms. The van der Waals surface area contributed by atoms with Crippen molar-refractivity contribution in [1.82, 2.24) is 9.88 Å². The first-order valence-corrected chi connectivity index (χ1v) is 10.1. The van der Waals surface area contributed by atoms with E-state index < -0.39 is 9.84 Å². The van der Waals surface area contributed by atoms with Gasteiger partial charge < -0.3 is 4.42 Å². The van der Waals surface area contributed by atoms with Crippen LogP contribution in [0.3, 0.4) is 0 Å². The summed E-state index contributed by atoms with van der Waals surface area (Å²) in [5.74, 6) is 0. The molecule has 0 unspecified atom stereocenters. The second-order valence-electron chi connectivity index (χ2n) is 5.94. The van der Waals surface area contributed by atoms with Crippen LogP contribution in [0, 0.1) is 0 Å². The minimum Gasteiger partial charge on any atom is -0.472 e. The zero-order chi connectivity index (χ0) is 15.7. The van der Waals surface area contributed by atoms with Gasteiger partial charge in [0.2, 0.25) is 0 Å². The molecule has 3 rings (SSSR count). The lowest BCUT2D eigenvalue weighted by atomic mass is 10.2. The molecule has 22 heavy (non-hydrogen) atoms. The molecule has 2 aromatic rings. The lowest BCUT2D eigenvalue weighted by Crippen LogP contribution is -2.40. The van der Waals surface area contributed by atoms with E-state index in [-0.39, 0.29) is 11.3 Å². The Bertz CT molecular complexity index is 722. The first-order chi connectivity index (χ1) is 10.4. The number of sulfone groups is 1. The maximum atomic E-state index is 11.9. The van der Waals surface area contributed by atoms with Gasteiger partial charge in [-0.05, 0) is 26.0 Å². The van der Waals surface area contributed by atoms with Crippen molar-refractivity contribution in [3.63, 3.8) is 0 Å². The largest absolute Gasteiger partial charge is 0.472 e. The summed E-state index contributed by atoms with van der Waals surface area (Å²) in [6, 6.07) is 1.98. The molecule has 1 fully saturated rings. The monoisotopic (exact) mass is 340 g/mol. The first-order valence-electron chi connectivity index (χ1n) is 7.31. The fourth-order valence-electron chi connectivity index (χ4n) is 3.18. The summed E-state index contributed by atoms with van der Waals surface area (Å²) >= 11 is 1.58. The summed E-state index contributed by atoms with van der Waals surface area (Å²) < 4.78 is 28.9. The van der Waals surface area contributed by atoms with Crippen molar-refractivity contribution in [3.05, 3.63) is 29.7 Å². The molecular weight excluding hydrogens is 320 g/mol. The van der Waals surface area contributed by atoms with Crippen molar-refractivity contribution >= 4 is 21.2 Å². The third-order valence-corrected chi connectivity index (χ3v) is 6.85. The molecule has 0 radical (unpaired) electrons. The SMILES string of the molecule is CN(Cc1csc(-c2ccoc2)n1)[C@@H]1CCC[C@@H]1S(C)(=O)=O. The number of rotatable bonds is 5. The molecule has 0 aromatic carbocycles. The van der Waals surface area contributed by atoms with Crippen LogP contribution in [-0.2, 0) is 16.4 Å². The maximum absolute atomic E-state index is 11.9. The molecule has 1 aliphatic rings. The van der Waals surface area contributed by atoms with Gasteiger partial charge in [-0.15, -0.1) is 11.3 Å². The van der Waals surface area contributed by atoms with Gasteiger partial charge >= 0.3 is 0 Å². The molecule has 120 valence electrons. The molecule has 2 atom stereocenters. The van der Waals surface area contributed by atoms with E-state index in [2.05, 4.69) is 9.88 Å². The molecule has 0 saturated heterocycles. The highest BCUT2D eigenvalue weighted by atomic mass is 32.2. The van der Waals surface area contributed by atoms with Gasteiger partial charge in [-0.25, -0.2) is 13.4 Å². The van der Waals surface area contributed by atoms with Gasteiger partial charge in [-0.1, -0.05) is 6.42 Å². The van der Waals surface area contributed by atoms with Crippen LogP contribution in [0.15, 0.2) is 28.4 Å². The molecule has 0 N–H and O–H groups in total. The summed E-state index contributed by atoms with van der Waals surface area (Å²) in [6.07, 6.45) is 7.35. The fourth-order valence-corrected chi connectivity index (χ4v) is 5.49. The topological polar surface area (TPSA) is 63.4 Å². The number of hydrogen-bond acceptors (Lipinski definition) is 6. The lowest BCUT2D eigenvalue weighted by molar-refractivity contribution is 0.236. The Hall–Kier alpha value is -1.18. The molecule has 2 aromatic heterocycles. The summed E-state index contributed by atoms with van der Waals surface area (Å²) in [5, 5.41) is 2.72. The second-order valence-corrected chi connectivity index (χ2v) is 9.06. The summed E-state index contributed by atoms with van der Waals surface area (Å²) in [6.45, 7) is 0.672. The van der Waals surface area contributed by atoms with E-state index in [9.17, 15) is 8.42 Å². The van der Waals surface area contributed by atoms with Crippen LogP contribution in [0.1, 0.15) is 25.0 Å². The predicted molar refractivity (Wildman–Crippen MR) is 87.6 cm³/mol. The highest BCUT2D eigenvalue weighted by molar-refractivity contribution is 7.91. The van der Waals surface area contributed by atoms with Crippen molar-refractivity contribution in [3.8, 4) is 10.6 Å². The number of hydrogen-bond donors (Lipinski definition) is 0. The van der Waals surface area contributed by atoms with E-state index in [4.69, 9.17) is 4.42 Å². The van der Waals surface area contributed by atoms with Gasteiger partial charge in [0.15, 0.2) is 9.84 Å². The van der Waals surface area contributed by atoms with Crippen LogP contribution in [0.4, 0.5) is 0 Å². The van der Waals surface area contributed by atoms with Crippen LogP contribution >= 0.6 is 11.3 Å². The van der Waals surface area contributed by atoms with E-state index >= 15 is 0 Å². The van der Waals surface area contributed by atoms with Crippen LogP contribution in [-0.4, -0.2) is 42.9 Å². The van der Waals surface area contributed by atoms with Crippen LogP contribution in [0.25, 0.3) is 10.6 Å². The molecule has 2 heterocycles. The van der Waals surface area contributed by atoms with Crippen molar-refractivity contribution in [2.24, 2.45) is 0 Å². The first kappa shape index (κ1) is 15.7. The number of thiazole rings is 1. The molecule has 0 bridgehead atoms. The zero-order valence-corrected chi connectivity index (χ0v) is 14.4. The van der Waals surface area contributed by atoms with Gasteiger partial charge in [0.1, 0.15) is 11.3 Å². The number of furan rings is 1. The Kier molecular flexibility index (Phi) is 4.38. The van der Waals surface area contributed by atoms with Gasteiger partial charge in [-0.2, -0.15) is 0 Å². The lowest BCUT2D eigenvalue weighted by Gasteiger charge is -2.28. The van der Waals surface area contributed by atoms with Gasteiger partial charge in [0.25, 0.3) is 0 Å².